The molecule has 3 rings (SSSR count). The van der Waals surface area contributed by atoms with Crippen LogP contribution in [0, 0.1) is 17.5 Å². The molecule has 0 amide bonds. The van der Waals surface area contributed by atoms with E-state index in [-0.39, 0.29) is 11.6 Å². The van der Waals surface area contributed by atoms with Crippen LogP contribution in [0.1, 0.15) is 24.4 Å². The van der Waals surface area contributed by atoms with Gasteiger partial charge in [0, 0.05) is 18.4 Å². The molecule has 0 saturated carbocycles. The first-order valence-electron chi connectivity index (χ1n) is 8.51. The van der Waals surface area contributed by atoms with Crippen LogP contribution in [0.4, 0.5) is 13.2 Å². The van der Waals surface area contributed by atoms with Crippen LogP contribution in [0.5, 0.6) is 5.75 Å². The average Bonchev–Trinajstić information content (AvgIpc) is 3.05. The zero-order valence-electron chi connectivity index (χ0n) is 15.1. The van der Waals surface area contributed by atoms with Gasteiger partial charge in [-0.05, 0) is 36.8 Å². The molecule has 0 spiro atoms. The van der Waals surface area contributed by atoms with E-state index in [1.807, 2.05) is 6.07 Å². The van der Waals surface area contributed by atoms with Crippen molar-refractivity contribution in [3.63, 3.8) is 0 Å². The molecule has 8 heteroatoms. The summed E-state index contributed by atoms with van der Waals surface area (Å²) in [5.74, 6) is -0.851. The molecule has 0 aliphatic heterocycles. The van der Waals surface area contributed by atoms with Gasteiger partial charge in [-0.1, -0.05) is 30.0 Å². The lowest BCUT2D eigenvalue weighted by Crippen LogP contribution is -2.13. The number of nitrogens with zero attached hydrogens (tertiary/aromatic N) is 3. The Kier molecular flexibility index (Phi) is 6.41. The second-order valence-corrected chi connectivity index (χ2v) is 6.94. The highest BCUT2D eigenvalue weighted by Gasteiger charge is 2.20. The summed E-state index contributed by atoms with van der Waals surface area (Å²) in [5.41, 5.74) is 0.817. The van der Waals surface area contributed by atoms with Crippen LogP contribution in [0.3, 0.4) is 0 Å². The van der Waals surface area contributed by atoms with E-state index in [1.54, 1.807) is 23.6 Å². The Hall–Kier alpha value is -2.74. The molecule has 3 aromatic rings. The SMILES string of the molecule is C=CCn1c(SCc2cccc(F)c2)nnc1C(C)Oc1ccc(F)cc1F. The number of hydrogen-bond acceptors (Lipinski definition) is 4. The Morgan fingerprint density at radius 2 is 1.93 bits per heavy atom. The quantitative estimate of drug-likeness (QED) is 0.376. The first-order chi connectivity index (χ1) is 13.5. The number of allylic oxidation sites excluding steroid dienone is 1. The van der Waals surface area contributed by atoms with Crippen LogP contribution in [0.25, 0.3) is 0 Å². The number of hydrogen-bond donors (Lipinski definition) is 0. The van der Waals surface area contributed by atoms with E-state index in [0.29, 0.717) is 23.3 Å². The van der Waals surface area contributed by atoms with Crippen LogP contribution >= 0.6 is 11.8 Å². The van der Waals surface area contributed by atoms with Gasteiger partial charge in [0.25, 0.3) is 0 Å². The van der Waals surface area contributed by atoms with Crippen molar-refractivity contribution >= 4 is 11.8 Å². The number of thioether (sulfide) groups is 1. The van der Waals surface area contributed by atoms with E-state index >= 15 is 0 Å². The molecule has 0 N–H and O–H groups in total. The van der Waals surface area contributed by atoms with Crippen LogP contribution in [0.15, 0.2) is 60.3 Å². The Balaban J connectivity index is 1.78. The predicted molar refractivity (Wildman–Crippen MR) is 102 cm³/mol. The van der Waals surface area contributed by atoms with Gasteiger partial charge in [-0.15, -0.1) is 16.8 Å². The lowest BCUT2D eigenvalue weighted by atomic mass is 10.2. The van der Waals surface area contributed by atoms with E-state index in [1.165, 1.54) is 30.0 Å². The van der Waals surface area contributed by atoms with Crippen molar-refractivity contribution < 1.29 is 17.9 Å². The van der Waals surface area contributed by atoms with Gasteiger partial charge in [-0.25, -0.2) is 13.2 Å². The van der Waals surface area contributed by atoms with Crippen molar-refractivity contribution in [2.24, 2.45) is 0 Å². The normalized spacial score (nSPS) is 12.0. The number of aromatic nitrogens is 3. The number of ether oxygens (including phenoxy) is 1. The van der Waals surface area contributed by atoms with E-state index < -0.39 is 17.7 Å². The molecule has 1 heterocycles. The molecule has 146 valence electrons. The summed E-state index contributed by atoms with van der Waals surface area (Å²) in [7, 11) is 0. The van der Waals surface area contributed by atoms with Gasteiger partial charge in [0.15, 0.2) is 28.7 Å². The predicted octanol–water partition coefficient (Wildman–Crippen LogP) is 5.31. The van der Waals surface area contributed by atoms with Crippen molar-refractivity contribution in [1.82, 2.24) is 14.8 Å². The summed E-state index contributed by atoms with van der Waals surface area (Å²) in [6.45, 7) is 5.86. The number of benzene rings is 2. The molecule has 1 unspecified atom stereocenters. The maximum Gasteiger partial charge on any atom is 0.191 e. The fraction of sp³-hybridized carbons (Fsp3) is 0.200. The van der Waals surface area contributed by atoms with Gasteiger partial charge in [0.1, 0.15) is 11.6 Å². The topological polar surface area (TPSA) is 39.9 Å². The van der Waals surface area contributed by atoms with E-state index in [9.17, 15) is 13.2 Å². The van der Waals surface area contributed by atoms with E-state index in [0.717, 1.165) is 17.7 Å². The first kappa shape index (κ1) is 20.0. The molecule has 0 fully saturated rings. The third-order valence-corrected chi connectivity index (χ3v) is 4.91. The lowest BCUT2D eigenvalue weighted by molar-refractivity contribution is 0.200. The maximum absolute atomic E-state index is 13.9. The zero-order valence-corrected chi connectivity index (χ0v) is 15.9. The van der Waals surface area contributed by atoms with Crippen molar-refractivity contribution in [3.05, 3.63) is 84.0 Å². The lowest BCUT2D eigenvalue weighted by Gasteiger charge is -2.16. The highest BCUT2D eigenvalue weighted by Crippen LogP contribution is 2.28. The van der Waals surface area contributed by atoms with Gasteiger partial charge in [0.05, 0.1) is 0 Å². The fourth-order valence-electron chi connectivity index (χ4n) is 2.60. The third-order valence-electron chi connectivity index (χ3n) is 3.88. The molecule has 1 atom stereocenters. The molecular formula is C20H18F3N3OS. The third kappa shape index (κ3) is 4.75. The molecule has 0 radical (unpaired) electrons. The average molecular weight is 405 g/mol. The summed E-state index contributed by atoms with van der Waals surface area (Å²) < 4.78 is 47.7. The molecular weight excluding hydrogens is 387 g/mol. The van der Waals surface area contributed by atoms with Gasteiger partial charge < -0.3 is 4.74 Å². The molecule has 0 aliphatic rings. The smallest absolute Gasteiger partial charge is 0.191 e. The summed E-state index contributed by atoms with van der Waals surface area (Å²) in [6, 6.07) is 9.45. The highest BCUT2D eigenvalue weighted by molar-refractivity contribution is 7.98. The van der Waals surface area contributed by atoms with Crippen LogP contribution in [-0.2, 0) is 12.3 Å². The summed E-state index contributed by atoms with van der Waals surface area (Å²) in [6.07, 6.45) is 1.06. The van der Waals surface area contributed by atoms with Gasteiger partial charge in [-0.2, -0.15) is 0 Å². The van der Waals surface area contributed by atoms with Crippen molar-refractivity contribution in [2.45, 2.75) is 30.5 Å². The monoisotopic (exact) mass is 405 g/mol. The summed E-state index contributed by atoms with van der Waals surface area (Å²) in [5, 5.41) is 8.93. The molecule has 2 aromatic carbocycles. The Labute approximate surface area is 165 Å². The van der Waals surface area contributed by atoms with Gasteiger partial charge in [-0.3, -0.25) is 4.57 Å². The maximum atomic E-state index is 13.9. The summed E-state index contributed by atoms with van der Waals surface area (Å²) in [4.78, 5) is 0. The second kappa shape index (κ2) is 8.97. The zero-order chi connectivity index (χ0) is 20.1. The van der Waals surface area contributed by atoms with E-state index in [4.69, 9.17) is 4.74 Å². The fourth-order valence-corrected chi connectivity index (χ4v) is 3.49. The van der Waals surface area contributed by atoms with E-state index in [2.05, 4.69) is 16.8 Å². The molecule has 0 aliphatic carbocycles. The van der Waals surface area contributed by atoms with Gasteiger partial charge >= 0.3 is 0 Å². The largest absolute Gasteiger partial charge is 0.480 e. The molecule has 4 nitrogen and oxygen atoms in total. The van der Waals surface area contributed by atoms with Crippen LogP contribution < -0.4 is 4.74 Å². The minimum atomic E-state index is -0.790. The molecule has 1 aromatic heterocycles. The Bertz CT molecular complexity index is 977. The minimum absolute atomic E-state index is 0.0731. The Morgan fingerprint density at radius 1 is 1.14 bits per heavy atom. The minimum Gasteiger partial charge on any atom is -0.480 e. The standard InChI is InChI=1S/C20H18F3N3OS/c1-3-9-26-19(13(2)27-18-8-7-16(22)11-17(18)23)24-25-20(26)28-12-14-5-4-6-15(21)10-14/h3-8,10-11,13H,1,9,12H2,2H3. The first-order valence-corrected chi connectivity index (χ1v) is 9.49. The number of halogens is 3. The van der Waals surface area contributed by atoms with Crippen molar-refractivity contribution in [1.29, 1.82) is 0 Å². The van der Waals surface area contributed by atoms with Crippen LogP contribution in [0.2, 0.25) is 0 Å². The van der Waals surface area contributed by atoms with Crippen LogP contribution in [-0.4, -0.2) is 14.8 Å². The molecule has 0 saturated heterocycles. The number of rotatable bonds is 8. The van der Waals surface area contributed by atoms with Crippen molar-refractivity contribution in [2.75, 3.05) is 0 Å². The molecule has 0 bridgehead atoms. The summed E-state index contributed by atoms with van der Waals surface area (Å²) >= 11 is 1.39. The molecule has 28 heavy (non-hydrogen) atoms. The second-order valence-electron chi connectivity index (χ2n) is 5.99. The van der Waals surface area contributed by atoms with Crippen molar-refractivity contribution in [3.8, 4) is 5.75 Å². The van der Waals surface area contributed by atoms with Gasteiger partial charge in [0.2, 0.25) is 0 Å². The highest BCUT2D eigenvalue weighted by atomic mass is 32.2. The Morgan fingerprint density at radius 3 is 2.64 bits per heavy atom.